The lowest BCUT2D eigenvalue weighted by Gasteiger charge is -1.94. The minimum atomic E-state index is 0. The maximum absolute atomic E-state index is 8.38. The van der Waals surface area contributed by atoms with Gasteiger partial charge in [-0.1, -0.05) is 11.6 Å². The highest BCUT2D eigenvalue weighted by Gasteiger charge is 2.00. The third-order valence-electron chi connectivity index (χ3n) is 1.58. The highest BCUT2D eigenvalue weighted by Crippen LogP contribution is 2.11. The third kappa shape index (κ3) is 3.76. The summed E-state index contributed by atoms with van der Waals surface area (Å²) in [5, 5.41) is 8.38. The van der Waals surface area contributed by atoms with Gasteiger partial charge >= 0.3 is 0 Å². The summed E-state index contributed by atoms with van der Waals surface area (Å²) in [5.41, 5.74) is 1.24. The molecular weight excluding hydrogens is 140 g/mol. The van der Waals surface area contributed by atoms with Crippen LogP contribution in [0, 0.1) is 11.3 Å². The molecular formula is C8H14N2O. The molecule has 0 saturated carbocycles. The van der Waals surface area contributed by atoms with E-state index in [4.69, 9.17) is 10.00 Å². The van der Waals surface area contributed by atoms with Crippen LogP contribution in [0.3, 0.4) is 0 Å². The van der Waals surface area contributed by atoms with Crippen LogP contribution < -0.4 is 6.15 Å². The Morgan fingerprint density at radius 2 is 2.45 bits per heavy atom. The van der Waals surface area contributed by atoms with Crippen LogP contribution in [0.1, 0.15) is 19.3 Å². The topological polar surface area (TPSA) is 68.0 Å². The molecule has 0 atom stereocenters. The third-order valence-corrected chi connectivity index (χ3v) is 1.58. The van der Waals surface area contributed by atoms with Crippen molar-refractivity contribution in [2.75, 3.05) is 13.2 Å². The van der Waals surface area contributed by atoms with E-state index in [0.29, 0.717) is 13.0 Å². The molecule has 0 spiro atoms. The van der Waals surface area contributed by atoms with Gasteiger partial charge in [-0.3, -0.25) is 0 Å². The lowest BCUT2D eigenvalue weighted by molar-refractivity contribution is 0.165. The van der Waals surface area contributed by atoms with Gasteiger partial charge in [0.25, 0.3) is 0 Å². The van der Waals surface area contributed by atoms with Gasteiger partial charge in [0, 0.05) is 6.61 Å². The fourth-order valence-corrected chi connectivity index (χ4v) is 1.03. The van der Waals surface area contributed by atoms with Crippen LogP contribution in [-0.2, 0) is 4.74 Å². The predicted octanol–water partition coefficient (Wildman–Crippen LogP) is 1.80. The lowest BCUT2D eigenvalue weighted by Crippen LogP contribution is -1.88. The van der Waals surface area contributed by atoms with Crippen molar-refractivity contribution in [1.82, 2.24) is 6.15 Å². The van der Waals surface area contributed by atoms with E-state index in [2.05, 4.69) is 6.07 Å². The van der Waals surface area contributed by atoms with Crippen molar-refractivity contribution in [2.24, 2.45) is 0 Å². The molecule has 0 fully saturated rings. The quantitative estimate of drug-likeness (QED) is 0.585. The van der Waals surface area contributed by atoms with E-state index in [-0.39, 0.29) is 6.15 Å². The molecule has 1 aliphatic rings. The van der Waals surface area contributed by atoms with Crippen molar-refractivity contribution in [2.45, 2.75) is 19.3 Å². The zero-order valence-electron chi connectivity index (χ0n) is 6.68. The Hall–Kier alpha value is -0.850. The van der Waals surface area contributed by atoms with Crippen LogP contribution in [0.15, 0.2) is 11.6 Å². The van der Waals surface area contributed by atoms with Gasteiger partial charge < -0.3 is 10.9 Å². The molecule has 0 aliphatic carbocycles. The second-order valence-corrected chi connectivity index (χ2v) is 2.38. The highest BCUT2D eigenvalue weighted by atomic mass is 16.5. The Morgan fingerprint density at radius 1 is 1.64 bits per heavy atom. The highest BCUT2D eigenvalue weighted by molar-refractivity contribution is 5.08. The molecule has 0 saturated heterocycles. The summed E-state index contributed by atoms with van der Waals surface area (Å²) >= 11 is 0. The minimum absolute atomic E-state index is 0. The van der Waals surface area contributed by atoms with Gasteiger partial charge in [0.05, 0.1) is 19.1 Å². The molecule has 0 unspecified atom stereocenters. The van der Waals surface area contributed by atoms with Crippen molar-refractivity contribution in [3.8, 4) is 6.07 Å². The standard InChI is InChI=1S/C8H11NO.H3N/c9-5-3-8-2-1-6-10-7-4-8;/h4H,1-3,6-7H2;1H3. The van der Waals surface area contributed by atoms with Gasteiger partial charge in [-0.05, 0) is 12.8 Å². The second-order valence-electron chi connectivity index (χ2n) is 2.38. The maximum atomic E-state index is 8.38. The minimum Gasteiger partial charge on any atom is -0.377 e. The number of allylic oxidation sites excluding steroid dienone is 1. The summed E-state index contributed by atoms with van der Waals surface area (Å²) < 4.78 is 5.19. The summed E-state index contributed by atoms with van der Waals surface area (Å²) in [5.74, 6) is 0. The van der Waals surface area contributed by atoms with Crippen molar-refractivity contribution in [3.63, 3.8) is 0 Å². The molecule has 1 heterocycles. The molecule has 0 aromatic rings. The number of hydrogen-bond donors (Lipinski definition) is 1. The van der Waals surface area contributed by atoms with E-state index >= 15 is 0 Å². The Kier molecular flexibility index (Phi) is 5.44. The van der Waals surface area contributed by atoms with Crippen molar-refractivity contribution in [3.05, 3.63) is 11.6 Å². The molecule has 1 aliphatic heterocycles. The van der Waals surface area contributed by atoms with Crippen LogP contribution in [0.4, 0.5) is 0 Å². The number of nitrogens with zero attached hydrogens (tertiary/aromatic N) is 1. The van der Waals surface area contributed by atoms with Gasteiger partial charge in [-0.15, -0.1) is 0 Å². The van der Waals surface area contributed by atoms with E-state index < -0.39 is 0 Å². The van der Waals surface area contributed by atoms with E-state index in [1.807, 2.05) is 6.08 Å². The van der Waals surface area contributed by atoms with Crippen LogP contribution in [0.25, 0.3) is 0 Å². The van der Waals surface area contributed by atoms with Crippen LogP contribution in [-0.4, -0.2) is 13.2 Å². The number of hydrogen-bond acceptors (Lipinski definition) is 3. The summed E-state index contributed by atoms with van der Waals surface area (Å²) in [6.45, 7) is 1.53. The van der Waals surface area contributed by atoms with Crippen LogP contribution in [0.2, 0.25) is 0 Å². The fraction of sp³-hybridized carbons (Fsp3) is 0.625. The molecule has 0 radical (unpaired) electrons. The number of rotatable bonds is 1. The first-order valence-corrected chi connectivity index (χ1v) is 3.56. The molecule has 0 aromatic carbocycles. The lowest BCUT2D eigenvalue weighted by atomic mass is 10.1. The summed E-state index contributed by atoms with van der Waals surface area (Å²) in [7, 11) is 0. The molecule has 11 heavy (non-hydrogen) atoms. The Morgan fingerprint density at radius 3 is 3.18 bits per heavy atom. The van der Waals surface area contributed by atoms with Crippen LogP contribution >= 0.6 is 0 Å². The predicted molar refractivity (Wildman–Crippen MR) is 43.4 cm³/mol. The van der Waals surface area contributed by atoms with E-state index in [0.717, 1.165) is 19.4 Å². The Balaban J connectivity index is 0.000001000. The van der Waals surface area contributed by atoms with E-state index in [1.54, 1.807) is 0 Å². The average molecular weight is 154 g/mol. The summed E-state index contributed by atoms with van der Waals surface area (Å²) in [6, 6.07) is 2.14. The summed E-state index contributed by atoms with van der Waals surface area (Å²) in [4.78, 5) is 0. The molecule has 1 rings (SSSR count). The second kappa shape index (κ2) is 5.90. The molecule has 0 aromatic heterocycles. The van der Waals surface area contributed by atoms with Gasteiger partial charge in [-0.2, -0.15) is 5.26 Å². The van der Waals surface area contributed by atoms with E-state index in [9.17, 15) is 0 Å². The zero-order valence-corrected chi connectivity index (χ0v) is 6.68. The average Bonchev–Trinajstić information content (AvgIpc) is 2.17. The first kappa shape index (κ1) is 10.2. The van der Waals surface area contributed by atoms with Gasteiger partial charge in [0.2, 0.25) is 0 Å². The molecule has 62 valence electrons. The SMILES string of the molecule is N.N#CCC1=CCOCCC1. The van der Waals surface area contributed by atoms with Crippen molar-refractivity contribution in [1.29, 1.82) is 5.26 Å². The first-order valence-electron chi connectivity index (χ1n) is 3.56. The maximum Gasteiger partial charge on any atom is 0.0666 e. The summed E-state index contributed by atoms with van der Waals surface area (Å²) in [6.07, 6.45) is 4.70. The van der Waals surface area contributed by atoms with Gasteiger partial charge in [-0.25, -0.2) is 0 Å². The Labute approximate surface area is 67.2 Å². The van der Waals surface area contributed by atoms with E-state index in [1.165, 1.54) is 5.57 Å². The van der Waals surface area contributed by atoms with Crippen LogP contribution in [0.5, 0.6) is 0 Å². The van der Waals surface area contributed by atoms with Crippen molar-refractivity contribution < 1.29 is 4.74 Å². The van der Waals surface area contributed by atoms with Gasteiger partial charge in [0.1, 0.15) is 0 Å². The molecule has 0 bridgehead atoms. The normalized spacial score (nSPS) is 17.2. The molecule has 3 heteroatoms. The van der Waals surface area contributed by atoms with Gasteiger partial charge in [0.15, 0.2) is 0 Å². The largest absolute Gasteiger partial charge is 0.377 e. The first-order chi connectivity index (χ1) is 4.93. The number of ether oxygens (including phenoxy) is 1. The smallest absolute Gasteiger partial charge is 0.0666 e. The van der Waals surface area contributed by atoms with Crippen molar-refractivity contribution >= 4 is 0 Å². The molecule has 3 nitrogen and oxygen atoms in total. The molecule has 0 amide bonds. The fourth-order valence-electron chi connectivity index (χ4n) is 1.03. The Bertz CT molecular complexity index is 169. The molecule has 3 N–H and O–H groups in total. The monoisotopic (exact) mass is 154 g/mol. The number of nitriles is 1. The zero-order chi connectivity index (χ0) is 7.23.